The summed E-state index contributed by atoms with van der Waals surface area (Å²) < 4.78 is 43.3. The van der Waals surface area contributed by atoms with Crippen LogP contribution in [0.1, 0.15) is 51.5 Å². The second-order valence-corrected chi connectivity index (χ2v) is 7.97. The minimum absolute atomic E-state index is 0.0855. The summed E-state index contributed by atoms with van der Waals surface area (Å²) in [5.74, 6) is -3.65. The van der Waals surface area contributed by atoms with Crippen LogP contribution in [0, 0.1) is 5.92 Å². The molecule has 0 spiro atoms. The third kappa shape index (κ3) is 3.75. The maximum Gasteiger partial charge on any atom is 0.425 e. The number of carbonyl (C=O) groups is 3. The molecule has 162 valence electrons. The first-order chi connectivity index (χ1) is 14.1. The van der Waals surface area contributed by atoms with Gasteiger partial charge in [0.15, 0.2) is 5.78 Å². The first kappa shape index (κ1) is 22.1. The molecule has 0 bridgehead atoms. The summed E-state index contributed by atoms with van der Waals surface area (Å²) >= 11 is 0. The van der Waals surface area contributed by atoms with Gasteiger partial charge in [-0.2, -0.15) is 13.2 Å². The maximum absolute atomic E-state index is 14.4. The van der Waals surface area contributed by atoms with E-state index in [9.17, 15) is 27.6 Å². The smallest absolute Gasteiger partial charge is 0.330 e. The number of ketones is 1. The highest BCUT2D eigenvalue weighted by atomic mass is 19.4. The molecular formula is C22H25F3N2O3. The van der Waals surface area contributed by atoms with Crippen molar-refractivity contribution < 1.29 is 27.6 Å². The molecule has 8 heteroatoms. The van der Waals surface area contributed by atoms with Crippen LogP contribution in [0.3, 0.4) is 0 Å². The predicted molar refractivity (Wildman–Crippen MR) is 104 cm³/mol. The van der Waals surface area contributed by atoms with Crippen LogP contribution in [0.25, 0.3) is 0 Å². The number of hydrogen-bond donors (Lipinski definition) is 1. The first-order valence-corrected chi connectivity index (χ1v) is 10.1. The first-order valence-electron chi connectivity index (χ1n) is 10.1. The van der Waals surface area contributed by atoms with Gasteiger partial charge in [-0.25, -0.2) is 0 Å². The summed E-state index contributed by atoms with van der Waals surface area (Å²) in [6.07, 6.45) is -1.80. The van der Waals surface area contributed by atoms with Gasteiger partial charge in [-0.1, -0.05) is 49.6 Å². The van der Waals surface area contributed by atoms with E-state index >= 15 is 0 Å². The van der Waals surface area contributed by atoms with Crippen LogP contribution < -0.4 is 5.32 Å². The third-order valence-corrected chi connectivity index (χ3v) is 5.96. The maximum atomic E-state index is 14.4. The number of allylic oxidation sites excluding steroid dienone is 1. The Morgan fingerprint density at radius 3 is 2.27 bits per heavy atom. The number of benzene rings is 1. The summed E-state index contributed by atoms with van der Waals surface area (Å²) in [7, 11) is 0. The Morgan fingerprint density at radius 2 is 1.73 bits per heavy atom. The Bertz CT molecular complexity index is 873. The topological polar surface area (TPSA) is 66.5 Å². The van der Waals surface area contributed by atoms with E-state index in [1.54, 1.807) is 30.3 Å². The van der Waals surface area contributed by atoms with Gasteiger partial charge in [0.25, 0.3) is 5.91 Å². The zero-order chi connectivity index (χ0) is 22.1. The highest BCUT2D eigenvalue weighted by Crippen LogP contribution is 2.45. The lowest BCUT2D eigenvalue weighted by Gasteiger charge is -2.35. The van der Waals surface area contributed by atoms with Crippen molar-refractivity contribution in [2.75, 3.05) is 0 Å². The zero-order valence-corrected chi connectivity index (χ0v) is 17.0. The standard InChI is InChI=1S/C22H25F3N2O3/c1-14-18(15(2)28)21(22(23,24)25,26-19(29)17-11-7-4-8-12-17)20(30)27(14)13-16-9-5-3-6-10-16/h3,5-6,9-10,17H,4,7-8,11-13H2,1-2H3,(H,26,29)/t21-/m1/s1. The molecule has 2 amide bonds. The van der Waals surface area contributed by atoms with E-state index < -0.39 is 40.8 Å². The van der Waals surface area contributed by atoms with E-state index in [0.717, 1.165) is 31.1 Å². The molecule has 0 aromatic heterocycles. The van der Waals surface area contributed by atoms with Crippen LogP contribution in [-0.2, 0) is 20.9 Å². The van der Waals surface area contributed by atoms with Gasteiger partial charge in [0.2, 0.25) is 11.4 Å². The number of nitrogens with zero attached hydrogens (tertiary/aromatic N) is 1. The Kier molecular flexibility index (Phi) is 6.06. The second-order valence-electron chi connectivity index (χ2n) is 7.97. The van der Waals surface area contributed by atoms with Gasteiger partial charge in [-0.05, 0) is 32.3 Å². The molecule has 1 aromatic rings. The number of rotatable bonds is 5. The fraction of sp³-hybridized carbons (Fsp3) is 0.500. The molecule has 1 aliphatic heterocycles. The Balaban J connectivity index is 2.04. The fourth-order valence-electron chi connectivity index (χ4n) is 4.44. The van der Waals surface area contributed by atoms with Crippen molar-refractivity contribution >= 4 is 17.6 Å². The molecule has 5 nitrogen and oxygen atoms in total. The molecule has 1 saturated carbocycles. The molecule has 2 aliphatic rings. The van der Waals surface area contributed by atoms with Gasteiger partial charge >= 0.3 is 6.18 Å². The van der Waals surface area contributed by atoms with Gasteiger partial charge in [0.05, 0.1) is 12.1 Å². The van der Waals surface area contributed by atoms with Gasteiger partial charge in [-0.3, -0.25) is 14.4 Å². The lowest BCUT2D eigenvalue weighted by molar-refractivity contribution is -0.195. The quantitative estimate of drug-likeness (QED) is 0.783. The molecule has 0 unspecified atom stereocenters. The molecule has 1 heterocycles. The summed E-state index contributed by atoms with van der Waals surface area (Å²) in [6.45, 7) is 2.18. The normalized spacial score (nSPS) is 23.1. The van der Waals surface area contributed by atoms with Crippen LogP contribution in [0.15, 0.2) is 41.6 Å². The van der Waals surface area contributed by atoms with E-state index in [0.29, 0.717) is 18.4 Å². The number of Topliss-reactive ketones (excluding diaryl/α,β-unsaturated/α-hetero) is 1. The van der Waals surface area contributed by atoms with Crippen LogP contribution in [0.2, 0.25) is 0 Å². The summed E-state index contributed by atoms with van der Waals surface area (Å²) in [6, 6.07) is 8.54. The van der Waals surface area contributed by atoms with Crippen LogP contribution in [0.5, 0.6) is 0 Å². The van der Waals surface area contributed by atoms with Crippen LogP contribution in [0.4, 0.5) is 13.2 Å². The number of alkyl halides is 3. The predicted octanol–water partition coefficient (Wildman–Crippen LogP) is 3.89. The van der Waals surface area contributed by atoms with Gasteiger partial charge in [0.1, 0.15) is 0 Å². The molecule has 1 aliphatic carbocycles. The highest BCUT2D eigenvalue weighted by Gasteiger charge is 2.70. The third-order valence-electron chi connectivity index (χ3n) is 5.96. The minimum atomic E-state index is -5.16. The molecule has 1 aromatic carbocycles. The summed E-state index contributed by atoms with van der Waals surface area (Å²) in [5, 5.41) is 2.00. The van der Waals surface area contributed by atoms with E-state index in [-0.39, 0.29) is 12.2 Å². The van der Waals surface area contributed by atoms with E-state index in [4.69, 9.17) is 0 Å². The average molecular weight is 422 g/mol. The average Bonchev–Trinajstić information content (AvgIpc) is 2.91. The lowest BCUT2D eigenvalue weighted by atomic mass is 9.84. The van der Waals surface area contributed by atoms with E-state index in [2.05, 4.69) is 0 Å². The summed E-state index contributed by atoms with van der Waals surface area (Å²) in [5.41, 5.74) is -3.53. The molecule has 30 heavy (non-hydrogen) atoms. The number of amides is 2. The fourth-order valence-corrected chi connectivity index (χ4v) is 4.44. The van der Waals surface area contributed by atoms with Crippen LogP contribution >= 0.6 is 0 Å². The zero-order valence-electron chi connectivity index (χ0n) is 17.0. The van der Waals surface area contributed by atoms with Crippen molar-refractivity contribution in [3.8, 4) is 0 Å². The molecule has 1 atom stereocenters. The van der Waals surface area contributed by atoms with Gasteiger partial charge in [0, 0.05) is 11.6 Å². The summed E-state index contributed by atoms with van der Waals surface area (Å²) in [4.78, 5) is 39.3. The number of nitrogens with one attached hydrogen (secondary N) is 1. The largest absolute Gasteiger partial charge is 0.425 e. The number of carbonyl (C=O) groups excluding carboxylic acids is 3. The monoisotopic (exact) mass is 422 g/mol. The Hall–Kier alpha value is -2.64. The lowest BCUT2D eigenvalue weighted by Crippen LogP contribution is -2.66. The van der Waals surface area contributed by atoms with Crippen LogP contribution in [-0.4, -0.2) is 34.2 Å². The number of hydrogen-bond acceptors (Lipinski definition) is 3. The van der Waals surface area contributed by atoms with Gasteiger partial charge in [-0.15, -0.1) is 0 Å². The van der Waals surface area contributed by atoms with E-state index in [1.807, 2.05) is 5.32 Å². The Morgan fingerprint density at radius 1 is 1.13 bits per heavy atom. The van der Waals surface area contributed by atoms with Crippen molar-refractivity contribution in [1.82, 2.24) is 10.2 Å². The van der Waals surface area contributed by atoms with Crippen molar-refractivity contribution in [3.63, 3.8) is 0 Å². The van der Waals surface area contributed by atoms with Gasteiger partial charge < -0.3 is 10.2 Å². The second kappa shape index (κ2) is 8.24. The molecule has 1 fully saturated rings. The highest BCUT2D eigenvalue weighted by molar-refractivity contribution is 6.12. The van der Waals surface area contributed by atoms with Crippen molar-refractivity contribution in [3.05, 3.63) is 47.2 Å². The minimum Gasteiger partial charge on any atom is -0.330 e. The van der Waals surface area contributed by atoms with E-state index in [1.165, 1.54) is 6.92 Å². The molecular weight excluding hydrogens is 397 g/mol. The van der Waals surface area contributed by atoms with Crippen molar-refractivity contribution in [2.45, 2.75) is 64.2 Å². The molecule has 3 rings (SSSR count). The number of halogens is 3. The Labute approximate surface area is 173 Å². The van der Waals surface area contributed by atoms with Crippen molar-refractivity contribution in [1.29, 1.82) is 0 Å². The molecule has 0 radical (unpaired) electrons. The SMILES string of the molecule is CC(=O)C1=C(C)N(Cc2ccccc2)C(=O)[C@@]1(NC(=O)C1CCCCC1)C(F)(F)F. The molecule has 0 saturated heterocycles. The molecule has 1 N–H and O–H groups in total. The van der Waals surface area contributed by atoms with Crippen molar-refractivity contribution in [2.24, 2.45) is 5.92 Å².